The Bertz CT molecular complexity index is 597. The first-order chi connectivity index (χ1) is 9.55. The number of aliphatic hydroxyl groups is 1. The van der Waals surface area contributed by atoms with Crippen molar-refractivity contribution in [2.45, 2.75) is 49.2 Å². The molecule has 1 heterocycles. The van der Waals surface area contributed by atoms with E-state index >= 15 is 0 Å². The number of hydrogen-bond donors (Lipinski definition) is 3. The van der Waals surface area contributed by atoms with E-state index in [1.807, 2.05) is 12.1 Å². The van der Waals surface area contributed by atoms with Crippen molar-refractivity contribution >= 4 is 0 Å². The SMILES string of the molecule is C=C1CC[C@@]2(O)[C@H]3Cc4ccc(O)cc4[C@@]2(CCN3)C1. The highest BCUT2D eigenvalue weighted by atomic mass is 16.3. The second-order valence-electron chi connectivity index (χ2n) is 6.74. The molecular formula is C17H21NO2. The van der Waals surface area contributed by atoms with Crippen LogP contribution >= 0.6 is 0 Å². The molecule has 0 unspecified atom stereocenters. The van der Waals surface area contributed by atoms with Crippen LogP contribution in [0.3, 0.4) is 0 Å². The molecule has 3 aliphatic rings. The third-order valence-electron chi connectivity index (χ3n) is 5.79. The summed E-state index contributed by atoms with van der Waals surface area (Å²) in [4.78, 5) is 0. The first kappa shape index (κ1) is 12.4. The van der Waals surface area contributed by atoms with Crippen molar-refractivity contribution in [2.75, 3.05) is 6.54 Å². The molecule has 1 saturated carbocycles. The van der Waals surface area contributed by atoms with Crippen LogP contribution in [0, 0.1) is 0 Å². The standard InChI is InChI=1S/C17H21NO2/c1-11-4-5-17(20)15-8-12-2-3-13(19)9-14(12)16(17,10-11)6-7-18-15/h2-3,9,15,18-20H,1,4-8,10H2/t15-,16-,17-/m1/s1. The molecule has 3 nitrogen and oxygen atoms in total. The van der Waals surface area contributed by atoms with E-state index in [2.05, 4.69) is 11.9 Å². The lowest BCUT2D eigenvalue weighted by Crippen LogP contribution is -2.71. The summed E-state index contributed by atoms with van der Waals surface area (Å²) in [5, 5.41) is 24.8. The van der Waals surface area contributed by atoms with E-state index in [1.165, 1.54) is 11.1 Å². The van der Waals surface area contributed by atoms with Gasteiger partial charge in [0.15, 0.2) is 0 Å². The molecule has 1 saturated heterocycles. The van der Waals surface area contributed by atoms with Gasteiger partial charge in [0.1, 0.15) is 5.75 Å². The number of piperidine rings is 1. The molecule has 1 aromatic carbocycles. The summed E-state index contributed by atoms with van der Waals surface area (Å²) >= 11 is 0. The van der Waals surface area contributed by atoms with Gasteiger partial charge in [-0.25, -0.2) is 0 Å². The number of phenolic OH excluding ortho intramolecular Hbond substituents is 1. The van der Waals surface area contributed by atoms with E-state index in [9.17, 15) is 10.2 Å². The molecule has 0 amide bonds. The lowest BCUT2D eigenvalue weighted by atomic mass is 9.49. The minimum atomic E-state index is -0.701. The molecule has 0 radical (unpaired) electrons. The number of benzene rings is 1. The molecule has 1 aromatic rings. The van der Waals surface area contributed by atoms with Gasteiger partial charge in [0.05, 0.1) is 5.60 Å². The normalized spacial score (nSPS) is 39.0. The van der Waals surface area contributed by atoms with Crippen LogP contribution in [0.4, 0.5) is 0 Å². The molecule has 20 heavy (non-hydrogen) atoms. The fourth-order valence-corrected chi connectivity index (χ4v) is 4.83. The van der Waals surface area contributed by atoms with Gasteiger partial charge in [0.2, 0.25) is 0 Å². The predicted octanol–water partition coefficient (Wildman–Crippen LogP) is 2.02. The van der Waals surface area contributed by atoms with Gasteiger partial charge in [-0.05, 0) is 61.9 Å². The molecule has 2 aliphatic carbocycles. The van der Waals surface area contributed by atoms with Crippen LogP contribution in [-0.2, 0) is 11.8 Å². The molecule has 2 fully saturated rings. The third kappa shape index (κ3) is 1.37. The Morgan fingerprint density at radius 1 is 1.30 bits per heavy atom. The van der Waals surface area contributed by atoms with Crippen molar-refractivity contribution in [1.82, 2.24) is 5.32 Å². The van der Waals surface area contributed by atoms with Crippen LogP contribution in [0.1, 0.15) is 36.8 Å². The Hall–Kier alpha value is -1.32. The smallest absolute Gasteiger partial charge is 0.115 e. The van der Waals surface area contributed by atoms with Gasteiger partial charge in [-0.15, -0.1) is 0 Å². The fraction of sp³-hybridized carbons (Fsp3) is 0.529. The maximum Gasteiger partial charge on any atom is 0.115 e. The molecule has 2 bridgehead atoms. The summed E-state index contributed by atoms with van der Waals surface area (Å²) in [6.45, 7) is 5.11. The fourth-order valence-electron chi connectivity index (χ4n) is 4.83. The van der Waals surface area contributed by atoms with E-state index in [1.54, 1.807) is 6.07 Å². The Labute approximate surface area is 119 Å². The molecule has 4 rings (SSSR count). The molecule has 0 spiro atoms. The molecule has 3 atom stereocenters. The largest absolute Gasteiger partial charge is 0.508 e. The van der Waals surface area contributed by atoms with Crippen LogP contribution in [0.2, 0.25) is 0 Å². The minimum absolute atomic E-state index is 0.126. The monoisotopic (exact) mass is 271 g/mol. The summed E-state index contributed by atoms with van der Waals surface area (Å²) in [6, 6.07) is 5.78. The summed E-state index contributed by atoms with van der Waals surface area (Å²) in [5.74, 6) is 0.300. The van der Waals surface area contributed by atoms with E-state index in [0.717, 1.165) is 44.2 Å². The number of hydrogen-bond acceptors (Lipinski definition) is 3. The van der Waals surface area contributed by atoms with Crippen LogP contribution in [0.5, 0.6) is 5.75 Å². The van der Waals surface area contributed by atoms with Crippen molar-refractivity contribution in [1.29, 1.82) is 0 Å². The van der Waals surface area contributed by atoms with Gasteiger partial charge < -0.3 is 15.5 Å². The second-order valence-corrected chi connectivity index (χ2v) is 6.74. The van der Waals surface area contributed by atoms with Crippen molar-refractivity contribution in [3.05, 3.63) is 41.5 Å². The van der Waals surface area contributed by atoms with Crippen molar-refractivity contribution in [2.24, 2.45) is 0 Å². The lowest BCUT2D eigenvalue weighted by molar-refractivity contribution is -0.115. The Morgan fingerprint density at radius 3 is 3.00 bits per heavy atom. The average Bonchev–Trinajstić information content (AvgIpc) is 2.41. The number of allylic oxidation sites excluding steroid dienone is 1. The first-order valence-electron chi connectivity index (χ1n) is 7.50. The number of aromatic hydroxyl groups is 1. The quantitative estimate of drug-likeness (QED) is 0.633. The molecule has 0 aromatic heterocycles. The van der Waals surface area contributed by atoms with E-state index in [4.69, 9.17) is 0 Å². The highest BCUT2D eigenvalue weighted by Gasteiger charge is 2.61. The molecular weight excluding hydrogens is 250 g/mol. The number of fused-ring (bicyclic) bond motifs is 1. The summed E-state index contributed by atoms with van der Waals surface area (Å²) in [5.41, 5.74) is 2.68. The zero-order valence-corrected chi connectivity index (χ0v) is 11.7. The van der Waals surface area contributed by atoms with Crippen molar-refractivity contribution < 1.29 is 10.2 Å². The zero-order valence-electron chi connectivity index (χ0n) is 11.7. The van der Waals surface area contributed by atoms with Gasteiger partial charge in [-0.1, -0.05) is 18.2 Å². The minimum Gasteiger partial charge on any atom is -0.508 e. The number of rotatable bonds is 0. The van der Waals surface area contributed by atoms with Crippen LogP contribution in [0.25, 0.3) is 0 Å². The van der Waals surface area contributed by atoms with Crippen molar-refractivity contribution in [3.63, 3.8) is 0 Å². The summed E-state index contributed by atoms with van der Waals surface area (Å²) in [7, 11) is 0. The number of phenols is 1. The second kappa shape index (κ2) is 3.86. The third-order valence-corrected chi connectivity index (χ3v) is 5.79. The van der Waals surface area contributed by atoms with Crippen molar-refractivity contribution in [3.8, 4) is 5.75 Å². The first-order valence-corrected chi connectivity index (χ1v) is 7.50. The Kier molecular flexibility index (Phi) is 2.40. The van der Waals surface area contributed by atoms with Crippen LogP contribution < -0.4 is 5.32 Å². The molecule has 3 heteroatoms. The van der Waals surface area contributed by atoms with Gasteiger partial charge >= 0.3 is 0 Å². The maximum atomic E-state index is 11.4. The Morgan fingerprint density at radius 2 is 2.15 bits per heavy atom. The molecule has 106 valence electrons. The summed E-state index contributed by atoms with van der Waals surface area (Å²) < 4.78 is 0. The molecule has 3 N–H and O–H groups in total. The van der Waals surface area contributed by atoms with Gasteiger partial charge in [0.25, 0.3) is 0 Å². The number of nitrogens with one attached hydrogen (secondary N) is 1. The predicted molar refractivity (Wildman–Crippen MR) is 77.8 cm³/mol. The summed E-state index contributed by atoms with van der Waals surface area (Å²) in [6.07, 6.45) is 4.29. The van der Waals surface area contributed by atoms with Gasteiger partial charge in [-0.2, -0.15) is 0 Å². The van der Waals surface area contributed by atoms with Gasteiger partial charge in [0, 0.05) is 11.5 Å². The molecule has 1 aliphatic heterocycles. The average molecular weight is 271 g/mol. The lowest BCUT2D eigenvalue weighted by Gasteiger charge is -2.61. The van der Waals surface area contributed by atoms with E-state index < -0.39 is 5.60 Å². The maximum absolute atomic E-state index is 11.4. The topological polar surface area (TPSA) is 52.5 Å². The Balaban J connectivity index is 1.98. The van der Waals surface area contributed by atoms with Crippen LogP contribution in [0.15, 0.2) is 30.4 Å². The van der Waals surface area contributed by atoms with Crippen LogP contribution in [-0.4, -0.2) is 28.4 Å². The zero-order chi connectivity index (χ0) is 14.0. The van der Waals surface area contributed by atoms with Gasteiger partial charge in [-0.3, -0.25) is 0 Å². The highest BCUT2D eigenvalue weighted by molar-refractivity contribution is 5.49. The van der Waals surface area contributed by atoms with E-state index in [0.29, 0.717) is 5.75 Å². The van der Waals surface area contributed by atoms with E-state index in [-0.39, 0.29) is 11.5 Å². The highest BCUT2D eigenvalue weighted by Crippen LogP contribution is 2.57.